The molecular weight excluding hydrogens is 400 g/mol. The minimum atomic E-state index is -0.561. The van der Waals surface area contributed by atoms with E-state index in [9.17, 15) is 4.39 Å². The lowest BCUT2D eigenvalue weighted by Crippen LogP contribution is -2.00. The molecule has 0 amide bonds. The predicted octanol–water partition coefficient (Wildman–Crippen LogP) is 4.62. The van der Waals surface area contributed by atoms with Gasteiger partial charge in [0.2, 0.25) is 5.28 Å². The molecule has 0 saturated heterocycles. The molecule has 9 heteroatoms. The second-order valence-corrected chi connectivity index (χ2v) is 5.58. The number of hydrogen-bond acceptors (Lipinski definition) is 5. The van der Waals surface area contributed by atoms with Gasteiger partial charge in [-0.2, -0.15) is 4.98 Å². The van der Waals surface area contributed by atoms with Crippen molar-refractivity contribution in [2.45, 2.75) is 12.8 Å². The predicted molar refractivity (Wildman–Crippen MR) is 107 cm³/mol. The topological polar surface area (TPSA) is 76.7 Å². The number of halogens is 4. The molecule has 0 saturated carbocycles. The number of hydrogen-bond donors (Lipinski definition) is 2. The Hall–Kier alpha value is -2.15. The van der Waals surface area contributed by atoms with Gasteiger partial charge < -0.3 is 11.1 Å². The summed E-state index contributed by atoms with van der Waals surface area (Å²) in [7, 11) is 0. The SMILES string of the molecule is Cl.Cl.Nc1ccnc(CCc2cccc(Nc3nc(Cl)ncc3F)c2)c1. The number of nitrogens with zero attached hydrogens (tertiary/aromatic N) is 3. The second-order valence-electron chi connectivity index (χ2n) is 5.24. The Morgan fingerprint density at radius 3 is 2.65 bits per heavy atom. The zero-order chi connectivity index (χ0) is 16.9. The van der Waals surface area contributed by atoms with E-state index in [0.29, 0.717) is 5.69 Å². The van der Waals surface area contributed by atoms with Crippen LogP contribution >= 0.6 is 36.4 Å². The highest BCUT2D eigenvalue weighted by atomic mass is 35.5. The van der Waals surface area contributed by atoms with Gasteiger partial charge in [0.1, 0.15) is 0 Å². The zero-order valence-corrected chi connectivity index (χ0v) is 15.9. The Bertz CT molecular complexity index is 863. The van der Waals surface area contributed by atoms with Crippen molar-refractivity contribution in [3.05, 3.63) is 71.2 Å². The maximum Gasteiger partial charge on any atom is 0.224 e. The molecule has 0 bridgehead atoms. The van der Waals surface area contributed by atoms with Crippen LogP contribution in [0.15, 0.2) is 48.8 Å². The summed E-state index contributed by atoms with van der Waals surface area (Å²) in [5.41, 5.74) is 9.20. The molecule has 1 aromatic carbocycles. The van der Waals surface area contributed by atoms with Gasteiger partial charge in [0.05, 0.1) is 6.20 Å². The van der Waals surface area contributed by atoms with Gasteiger partial charge in [0, 0.05) is 23.3 Å². The summed E-state index contributed by atoms with van der Waals surface area (Å²) in [4.78, 5) is 11.7. The fraction of sp³-hybridized carbons (Fsp3) is 0.118. The van der Waals surface area contributed by atoms with Crippen LogP contribution in [0.5, 0.6) is 0 Å². The number of pyridine rings is 1. The largest absolute Gasteiger partial charge is 0.399 e. The van der Waals surface area contributed by atoms with E-state index in [1.807, 2.05) is 30.3 Å². The van der Waals surface area contributed by atoms with Gasteiger partial charge in [0.25, 0.3) is 0 Å². The van der Waals surface area contributed by atoms with Gasteiger partial charge in [-0.3, -0.25) is 4.98 Å². The maximum absolute atomic E-state index is 13.7. The van der Waals surface area contributed by atoms with Crippen LogP contribution in [0.2, 0.25) is 5.28 Å². The van der Waals surface area contributed by atoms with Crippen molar-refractivity contribution in [2.75, 3.05) is 11.1 Å². The highest BCUT2D eigenvalue weighted by molar-refractivity contribution is 6.28. The maximum atomic E-state index is 13.7. The summed E-state index contributed by atoms with van der Waals surface area (Å²) in [6, 6.07) is 11.3. The Morgan fingerprint density at radius 2 is 1.88 bits per heavy atom. The third-order valence-electron chi connectivity index (χ3n) is 3.41. The molecule has 0 aliphatic carbocycles. The van der Waals surface area contributed by atoms with Crippen LogP contribution in [0.1, 0.15) is 11.3 Å². The van der Waals surface area contributed by atoms with E-state index >= 15 is 0 Å². The number of benzene rings is 1. The molecular formula is C17H17Cl3FN5. The molecule has 2 heterocycles. The summed E-state index contributed by atoms with van der Waals surface area (Å²) < 4.78 is 13.7. The van der Waals surface area contributed by atoms with E-state index in [1.165, 1.54) is 0 Å². The molecule has 0 aliphatic heterocycles. The first-order valence-corrected chi connectivity index (χ1v) is 7.72. The highest BCUT2D eigenvalue weighted by Gasteiger charge is 2.07. The van der Waals surface area contributed by atoms with Crippen molar-refractivity contribution in [3.63, 3.8) is 0 Å². The minimum absolute atomic E-state index is 0. The molecule has 0 spiro atoms. The third-order valence-corrected chi connectivity index (χ3v) is 3.60. The average Bonchev–Trinajstić information content (AvgIpc) is 2.57. The first-order chi connectivity index (χ1) is 11.6. The van der Waals surface area contributed by atoms with E-state index in [4.69, 9.17) is 17.3 Å². The van der Waals surface area contributed by atoms with Crippen LogP contribution in [0.25, 0.3) is 0 Å². The molecule has 0 aliphatic rings. The number of nitrogens with two attached hydrogens (primary N) is 1. The Kier molecular flexibility index (Phi) is 8.51. The van der Waals surface area contributed by atoms with E-state index in [0.717, 1.165) is 36.0 Å². The van der Waals surface area contributed by atoms with Crippen molar-refractivity contribution in [1.82, 2.24) is 15.0 Å². The normalized spacial score (nSPS) is 9.77. The molecule has 0 unspecified atom stereocenters. The summed E-state index contributed by atoms with van der Waals surface area (Å²) in [6.07, 6.45) is 4.29. The van der Waals surface area contributed by atoms with Crippen LogP contribution in [0, 0.1) is 5.82 Å². The van der Waals surface area contributed by atoms with Crippen LogP contribution in [-0.4, -0.2) is 15.0 Å². The summed E-state index contributed by atoms with van der Waals surface area (Å²) >= 11 is 5.70. The number of anilines is 3. The lowest BCUT2D eigenvalue weighted by Gasteiger charge is -2.09. The summed E-state index contributed by atoms with van der Waals surface area (Å²) in [5.74, 6) is -0.515. The Morgan fingerprint density at radius 1 is 1.08 bits per heavy atom. The third kappa shape index (κ3) is 5.98. The quantitative estimate of drug-likeness (QED) is 0.594. The van der Waals surface area contributed by atoms with Crippen molar-refractivity contribution in [2.24, 2.45) is 0 Å². The van der Waals surface area contributed by atoms with E-state index in [1.54, 1.807) is 12.3 Å². The van der Waals surface area contributed by atoms with Crippen molar-refractivity contribution >= 4 is 53.6 Å². The zero-order valence-electron chi connectivity index (χ0n) is 13.5. The molecule has 0 atom stereocenters. The fourth-order valence-corrected chi connectivity index (χ4v) is 2.41. The van der Waals surface area contributed by atoms with Gasteiger partial charge in [-0.15, -0.1) is 24.8 Å². The van der Waals surface area contributed by atoms with Crippen molar-refractivity contribution in [1.29, 1.82) is 0 Å². The Labute approximate surface area is 168 Å². The van der Waals surface area contributed by atoms with E-state index in [2.05, 4.69) is 20.3 Å². The molecule has 5 nitrogen and oxygen atoms in total. The number of nitrogen functional groups attached to an aromatic ring is 1. The number of aryl methyl sites for hydroxylation is 2. The molecule has 0 fully saturated rings. The summed E-state index contributed by atoms with van der Waals surface area (Å²) in [6.45, 7) is 0. The standard InChI is InChI=1S/C17H15ClFN5.2ClH/c18-17-22-10-15(19)16(24-17)23-14-3-1-2-11(8-14)4-5-13-9-12(20)6-7-21-13;;/h1-3,6-10H,4-5H2,(H2,20,21)(H,22,23,24);2*1H. The molecule has 3 rings (SSSR count). The van der Waals surface area contributed by atoms with Gasteiger partial charge in [0.15, 0.2) is 11.6 Å². The summed E-state index contributed by atoms with van der Waals surface area (Å²) in [5, 5.41) is 2.90. The van der Waals surface area contributed by atoms with Crippen LogP contribution in [0.4, 0.5) is 21.6 Å². The van der Waals surface area contributed by atoms with E-state index < -0.39 is 5.82 Å². The number of rotatable bonds is 5. The molecule has 26 heavy (non-hydrogen) atoms. The molecule has 3 aromatic rings. The van der Waals surface area contributed by atoms with Gasteiger partial charge >= 0.3 is 0 Å². The monoisotopic (exact) mass is 415 g/mol. The first-order valence-electron chi connectivity index (χ1n) is 7.34. The van der Waals surface area contributed by atoms with Crippen molar-refractivity contribution in [3.8, 4) is 0 Å². The minimum Gasteiger partial charge on any atom is -0.399 e. The Balaban J connectivity index is 0.00000169. The van der Waals surface area contributed by atoms with Crippen LogP contribution in [0.3, 0.4) is 0 Å². The number of aromatic nitrogens is 3. The first kappa shape index (κ1) is 21.9. The highest BCUT2D eigenvalue weighted by Crippen LogP contribution is 2.20. The van der Waals surface area contributed by atoms with Crippen molar-refractivity contribution < 1.29 is 4.39 Å². The van der Waals surface area contributed by atoms with Gasteiger partial charge in [-0.25, -0.2) is 9.37 Å². The van der Waals surface area contributed by atoms with Crippen LogP contribution in [-0.2, 0) is 12.8 Å². The molecule has 138 valence electrons. The van der Waals surface area contributed by atoms with Gasteiger partial charge in [-0.05, 0) is 54.3 Å². The molecule has 2 aromatic heterocycles. The fourth-order valence-electron chi connectivity index (χ4n) is 2.28. The average molecular weight is 417 g/mol. The lowest BCUT2D eigenvalue weighted by molar-refractivity contribution is 0.619. The van der Waals surface area contributed by atoms with Gasteiger partial charge in [-0.1, -0.05) is 12.1 Å². The smallest absolute Gasteiger partial charge is 0.224 e. The second kappa shape index (κ2) is 10.1. The molecule has 3 N–H and O–H groups in total. The number of nitrogens with one attached hydrogen (secondary N) is 1. The van der Waals surface area contributed by atoms with Crippen LogP contribution < -0.4 is 11.1 Å². The molecule has 0 radical (unpaired) electrons. The van der Waals surface area contributed by atoms with E-state index in [-0.39, 0.29) is 35.9 Å². The lowest BCUT2D eigenvalue weighted by atomic mass is 10.1.